The van der Waals surface area contributed by atoms with Gasteiger partial charge in [0, 0.05) is 12.1 Å². The van der Waals surface area contributed by atoms with Crippen molar-refractivity contribution < 1.29 is 5.11 Å². The first-order valence-electron chi connectivity index (χ1n) is 7.82. The number of phenolic OH excluding ortho intramolecular Hbond substituents is 1. The molecular formula is C17H25NO. The van der Waals surface area contributed by atoms with Crippen LogP contribution in [0.4, 0.5) is 0 Å². The summed E-state index contributed by atoms with van der Waals surface area (Å²) >= 11 is 0. The molecule has 104 valence electrons. The molecule has 3 unspecified atom stereocenters. The molecule has 3 rings (SSSR count). The third kappa shape index (κ3) is 2.79. The SMILES string of the molecule is CC1CCCCCC1NC1CCc2cc(O)ccc21. The molecule has 2 heteroatoms. The van der Waals surface area contributed by atoms with Gasteiger partial charge in [-0.2, -0.15) is 0 Å². The highest BCUT2D eigenvalue weighted by Crippen LogP contribution is 2.35. The van der Waals surface area contributed by atoms with Gasteiger partial charge in [0.15, 0.2) is 0 Å². The first-order valence-corrected chi connectivity index (χ1v) is 7.82. The normalized spacial score (nSPS) is 30.9. The second-order valence-corrected chi connectivity index (χ2v) is 6.36. The summed E-state index contributed by atoms with van der Waals surface area (Å²) < 4.78 is 0. The monoisotopic (exact) mass is 259 g/mol. The van der Waals surface area contributed by atoms with Crippen molar-refractivity contribution in [1.29, 1.82) is 0 Å². The molecule has 1 saturated carbocycles. The molecule has 2 aliphatic rings. The molecule has 0 aromatic heterocycles. The summed E-state index contributed by atoms with van der Waals surface area (Å²) in [5, 5.41) is 13.5. The third-order valence-corrected chi connectivity index (χ3v) is 4.98. The lowest BCUT2D eigenvalue weighted by Gasteiger charge is -2.27. The van der Waals surface area contributed by atoms with E-state index < -0.39 is 0 Å². The largest absolute Gasteiger partial charge is 0.508 e. The number of nitrogens with one attached hydrogen (secondary N) is 1. The number of fused-ring (bicyclic) bond motifs is 1. The van der Waals surface area contributed by atoms with Gasteiger partial charge in [-0.05, 0) is 54.9 Å². The van der Waals surface area contributed by atoms with E-state index in [1.807, 2.05) is 12.1 Å². The molecule has 0 saturated heterocycles. The standard InChI is InChI=1S/C17H25NO/c1-12-5-3-2-4-6-16(12)18-17-10-7-13-11-14(19)8-9-15(13)17/h8-9,11-12,16-19H,2-7,10H2,1H3. The highest BCUT2D eigenvalue weighted by molar-refractivity contribution is 5.40. The van der Waals surface area contributed by atoms with Crippen LogP contribution < -0.4 is 5.32 Å². The molecule has 3 atom stereocenters. The van der Waals surface area contributed by atoms with Crippen LogP contribution in [0.3, 0.4) is 0 Å². The van der Waals surface area contributed by atoms with Gasteiger partial charge in [-0.15, -0.1) is 0 Å². The number of hydrogen-bond acceptors (Lipinski definition) is 2. The molecule has 0 bridgehead atoms. The van der Waals surface area contributed by atoms with E-state index in [1.165, 1.54) is 49.7 Å². The van der Waals surface area contributed by atoms with Gasteiger partial charge >= 0.3 is 0 Å². The van der Waals surface area contributed by atoms with Crippen molar-refractivity contribution in [3.63, 3.8) is 0 Å². The Balaban J connectivity index is 1.71. The van der Waals surface area contributed by atoms with Gasteiger partial charge in [-0.25, -0.2) is 0 Å². The molecule has 0 heterocycles. The van der Waals surface area contributed by atoms with E-state index in [-0.39, 0.29) is 0 Å². The van der Waals surface area contributed by atoms with Crippen LogP contribution in [0.1, 0.15) is 62.6 Å². The van der Waals surface area contributed by atoms with Crippen LogP contribution in [-0.2, 0) is 6.42 Å². The van der Waals surface area contributed by atoms with Crippen molar-refractivity contribution in [3.05, 3.63) is 29.3 Å². The Morgan fingerprint density at radius 1 is 1.11 bits per heavy atom. The summed E-state index contributed by atoms with van der Waals surface area (Å²) in [7, 11) is 0. The molecule has 0 radical (unpaired) electrons. The van der Waals surface area contributed by atoms with Crippen LogP contribution in [0.25, 0.3) is 0 Å². The topological polar surface area (TPSA) is 32.3 Å². The van der Waals surface area contributed by atoms with E-state index in [9.17, 15) is 5.11 Å². The van der Waals surface area contributed by atoms with Gasteiger partial charge < -0.3 is 10.4 Å². The maximum Gasteiger partial charge on any atom is 0.115 e. The second-order valence-electron chi connectivity index (χ2n) is 6.36. The summed E-state index contributed by atoms with van der Waals surface area (Å²) in [6.07, 6.45) is 9.14. The van der Waals surface area contributed by atoms with Crippen LogP contribution in [0.2, 0.25) is 0 Å². The average molecular weight is 259 g/mol. The molecule has 0 aliphatic heterocycles. The minimum Gasteiger partial charge on any atom is -0.508 e. The lowest BCUT2D eigenvalue weighted by Crippen LogP contribution is -2.36. The molecular weight excluding hydrogens is 234 g/mol. The summed E-state index contributed by atoms with van der Waals surface area (Å²) in [6.45, 7) is 2.40. The number of benzene rings is 1. The molecule has 0 amide bonds. The fourth-order valence-corrected chi connectivity index (χ4v) is 3.78. The van der Waals surface area contributed by atoms with E-state index in [2.05, 4.69) is 18.3 Å². The van der Waals surface area contributed by atoms with Gasteiger partial charge in [0.25, 0.3) is 0 Å². The fraction of sp³-hybridized carbons (Fsp3) is 0.647. The highest BCUT2D eigenvalue weighted by atomic mass is 16.3. The van der Waals surface area contributed by atoms with E-state index in [4.69, 9.17) is 0 Å². The number of aromatic hydroxyl groups is 1. The lowest BCUT2D eigenvalue weighted by molar-refractivity contribution is 0.321. The first kappa shape index (κ1) is 13.0. The third-order valence-electron chi connectivity index (χ3n) is 4.98. The highest BCUT2D eigenvalue weighted by Gasteiger charge is 2.27. The van der Waals surface area contributed by atoms with Gasteiger partial charge in [0.2, 0.25) is 0 Å². The summed E-state index contributed by atoms with van der Waals surface area (Å²) in [4.78, 5) is 0. The molecule has 2 nitrogen and oxygen atoms in total. The van der Waals surface area contributed by atoms with Crippen molar-refractivity contribution in [2.45, 2.75) is 64.0 Å². The molecule has 19 heavy (non-hydrogen) atoms. The maximum absolute atomic E-state index is 9.56. The average Bonchev–Trinajstić information content (AvgIpc) is 2.67. The predicted molar refractivity (Wildman–Crippen MR) is 78.3 cm³/mol. The number of aryl methyl sites for hydroxylation is 1. The molecule has 2 aliphatic carbocycles. The maximum atomic E-state index is 9.56. The number of hydrogen-bond donors (Lipinski definition) is 2. The van der Waals surface area contributed by atoms with Gasteiger partial charge in [-0.3, -0.25) is 0 Å². The summed E-state index contributed by atoms with van der Waals surface area (Å²) in [5.74, 6) is 1.20. The Kier molecular flexibility index (Phi) is 3.79. The van der Waals surface area contributed by atoms with E-state index in [1.54, 1.807) is 0 Å². The quantitative estimate of drug-likeness (QED) is 0.789. The van der Waals surface area contributed by atoms with Crippen molar-refractivity contribution in [2.75, 3.05) is 0 Å². The van der Waals surface area contributed by atoms with Crippen molar-refractivity contribution in [3.8, 4) is 5.75 Å². The van der Waals surface area contributed by atoms with Crippen LogP contribution in [0, 0.1) is 5.92 Å². The zero-order chi connectivity index (χ0) is 13.2. The second kappa shape index (κ2) is 5.54. The summed E-state index contributed by atoms with van der Waals surface area (Å²) in [5.41, 5.74) is 2.74. The minimum absolute atomic E-state index is 0.405. The van der Waals surface area contributed by atoms with Crippen LogP contribution in [0.5, 0.6) is 5.75 Å². The predicted octanol–water partition coefficient (Wildman–Crippen LogP) is 3.94. The van der Waals surface area contributed by atoms with Gasteiger partial charge in [-0.1, -0.05) is 32.3 Å². The molecule has 1 aromatic rings. The van der Waals surface area contributed by atoms with Crippen molar-refractivity contribution in [1.82, 2.24) is 5.32 Å². The zero-order valence-corrected chi connectivity index (χ0v) is 11.9. The smallest absolute Gasteiger partial charge is 0.115 e. The van der Waals surface area contributed by atoms with E-state index >= 15 is 0 Å². The Hall–Kier alpha value is -1.02. The van der Waals surface area contributed by atoms with E-state index in [0.29, 0.717) is 17.8 Å². The Morgan fingerprint density at radius 3 is 2.84 bits per heavy atom. The zero-order valence-electron chi connectivity index (χ0n) is 11.9. The van der Waals surface area contributed by atoms with Gasteiger partial charge in [0.1, 0.15) is 5.75 Å². The van der Waals surface area contributed by atoms with Crippen LogP contribution in [-0.4, -0.2) is 11.1 Å². The summed E-state index contributed by atoms with van der Waals surface area (Å²) in [6, 6.07) is 7.05. The first-order chi connectivity index (χ1) is 9.24. The Morgan fingerprint density at radius 2 is 1.95 bits per heavy atom. The Bertz CT molecular complexity index is 443. The number of phenols is 1. The van der Waals surface area contributed by atoms with E-state index in [0.717, 1.165) is 12.3 Å². The van der Waals surface area contributed by atoms with Crippen LogP contribution >= 0.6 is 0 Å². The molecule has 1 fully saturated rings. The number of rotatable bonds is 2. The lowest BCUT2D eigenvalue weighted by atomic mass is 9.95. The molecule has 2 N–H and O–H groups in total. The fourth-order valence-electron chi connectivity index (χ4n) is 3.78. The minimum atomic E-state index is 0.405. The molecule has 1 aromatic carbocycles. The van der Waals surface area contributed by atoms with Crippen molar-refractivity contribution >= 4 is 0 Å². The molecule has 0 spiro atoms. The van der Waals surface area contributed by atoms with Gasteiger partial charge in [0.05, 0.1) is 0 Å². The Labute approximate surface area is 116 Å². The van der Waals surface area contributed by atoms with Crippen LogP contribution in [0.15, 0.2) is 18.2 Å². The van der Waals surface area contributed by atoms with Crippen molar-refractivity contribution in [2.24, 2.45) is 5.92 Å².